The van der Waals surface area contributed by atoms with E-state index in [1.54, 1.807) is 30.3 Å². The molecule has 0 saturated heterocycles. The number of nitrogens with zero attached hydrogens (tertiary/aromatic N) is 4. The van der Waals surface area contributed by atoms with Crippen LogP contribution in [0.2, 0.25) is 0 Å². The third-order valence-corrected chi connectivity index (χ3v) is 7.69. The number of imidazole rings is 1. The highest BCUT2D eigenvalue weighted by Gasteiger charge is 2.36. The van der Waals surface area contributed by atoms with E-state index in [2.05, 4.69) is 20.0 Å². The highest BCUT2D eigenvalue weighted by Crippen LogP contribution is 2.45. The Bertz CT molecular complexity index is 1350. The predicted octanol–water partition coefficient (Wildman–Crippen LogP) is 3.44. The summed E-state index contributed by atoms with van der Waals surface area (Å²) < 4.78 is 52.4. The summed E-state index contributed by atoms with van der Waals surface area (Å²) in [7, 11) is -3.84. The number of esters is 1. The minimum atomic E-state index is -3.84. The molecule has 5 rings (SSSR count). The van der Waals surface area contributed by atoms with Gasteiger partial charge in [0.1, 0.15) is 29.7 Å². The zero-order valence-corrected chi connectivity index (χ0v) is 20.8. The van der Waals surface area contributed by atoms with E-state index < -0.39 is 44.2 Å². The average Bonchev–Trinajstić information content (AvgIpc) is 3.44. The fourth-order valence-electron chi connectivity index (χ4n) is 3.79. The second kappa shape index (κ2) is 10.5. The van der Waals surface area contributed by atoms with Gasteiger partial charge >= 0.3 is 13.5 Å². The minimum absolute atomic E-state index is 0.126. The first kappa shape index (κ1) is 25.3. The molecule has 1 unspecified atom stereocenters. The van der Waals surface area contributed by atoms with Gasteiger partial charge in [0, 0.05) is 6.08 Å². The number of hydrogen-bond donors (Lipinski definition) is 2. The van der Waals surface area contributed by atoms with Crippen molar-refractivity contribution in [1.82, 2.24) is 24.6 Å². The van der Waals surface area contributed by atoms with Crippen LogP contribution in [0.3, 0.4) is 0 Å². The smallest absolute Gasteiger partial charge is 0.342 e. The van der Waals surface area contributed by atoms with Gasteiger partial charge in [0.15, 0.2) is 36.2 Å². The third kappa shape index (κ3) is 5.64. The molecule has 3 heterocycles. The SMILES string of the molecule is C[C@H](NP(=O)(CO[C@@H]1C=C(F)[C@H](n2cnc3c(N)ncnc32)O1)Oc1ccccc1)C(=O)OC1CCC1. The van der Waals surface area contributed by atoms with Crippen LogP contribution in [0, 0.1) is 0 Å². The Hall–Kier alpha value is -3.38. The maximum atomic E-state index is 14.8. The zero-order valence-electron chi connectivity index (χ0n) is 19.9. The van der Waals surface area contributed by atoms with Crippen molar-refractivity contribution in [3.05, 3.63) is 54.9 Å². The maximum Gasteiger partial charge on any atom is 0.342 e. The average molecular weight is 532 g/mol. The molecule has 1 aromatic carbocycles. The quantitative estimate of drug-likeness (QED) is 0.292. The van der Waals surface area contributed by atoms with E-state index >= 15 is 0 Å². The molecule has 0 radical (unpaired) electrons. The van der Waals surface area contributed by atoms with E-state index in [0.717, 1.165) is 25.3 Å². The Balaban J connectivity index is 1.27. The molecule has 4 atom stereocenters. The lowest BCUT2D eigenvalue weighted by molar-refractivity contribution is -0.154. The van der Waals surface area contributed by atoms with Crippen LogP contribution in [0.1, 0.15) is 32.4 Å². The fraction of sp³-hybridized carbons (Fsp3) is 0.391. The second-order valence-electron chi connectivity index (χ2n) is 8.71. The highest BCUT2D eigenvalue weighted by atomic mass is 31.2. The Morgan fingerprint density at radius 1 is 1.30 bits per heavy atom. The summed E-state index contributed by atoms with van der Waals surface area (Å²) in [6.45, 7) is 1.53. The first-order valence-corrected chi connectivity index (χ1v) is 13.5. The van der Waals surface area contributed by atoms with Gasteiger partial charge in [0.05, 0.1) is 6.33 Å². The molecular weight excluding hydrogens is 506 g/mol. The second-order valence-corrected chi connectivity index (χ2v) is 10.8. The standard InChI is InChI=1S/C23H26FN6O6P/c1-14(23(31)34-15-8-5-9-15)29-37(32,36-16-6-3-2-4-7-16)13-33-18-10-17(24)22(35-18)30-12-28-19-20(25)26-11-27-21(19)30/h2-4,6-7,10-12,14-15,18,22H,5,8-9,13H2,1H3,(H,29,32)(H2,25,26,27)/t14-,18-,22+,37?/m0/s1. The fourth-order valence-corrected chi connectivity index (χ4v) is 5.47. The van der Waals surface area contributed by atoms with Gasteiger partial charge in [-0.1, -0.05) is 18.2 Å². The molecule has 2 aliphatic rings. The number of aromatic nitrogens is 4. The van der Waals surface area contributed by atoms with Crippen molar-refractivity contribution in [2.24, 2.45) is 0 Å². The number of halogens is 1. The van der Waals surface area contributed by atoms with Crippen molar-refractivity contribution >= 4 is 30.5 Å². The largest absolute Gasteiger partial charge is 0.461 e. The van der Waals surface area contributed by atoms with Crippen LogP contribution in [-0.2, 0) is 23.6 Å². The van der Waals surface area contributed by atoms with Crippen LogP contribution in [0.5, 0.6) is 5.75 Å². The van der Waals surface area contributed by atoms with Crippen molar-refractivity contribution in [2.75, 3.05) is 12.1 Å². The van der Waals surface area contributed by atoms with Crippen LogP contribution in [0.25, 0.3) is 11.2 Å². The molecule has 1 fully saturated rings. The molecule has 1 saturated carbocycles. The maximum absolute atomic E-state index is 14.8. The number of rotatable bonds is 10. The number of ether oxygens (including phenoxy) is 3. The van der Waals surface area contributed by atoms with E-state index in [1.165, 1.54) is 24.1 Å². The van der Waals surface area contributed by atoms with Crippen LogP contribution in [-0.4, -0.2) is 50.3 Å². The van der Waals surface area contributed by atoms with Crippen LogP contribution < -0.4 is 15.3 Å². The number of hydrogen-bond acceptors (Lipinski definition) is 10. The lowest BCUT2D eigenvalue weighted by Crippen LogP contribution is -2.39. The summed E-state index contributed by atoms with van der Waals surface area (Å²) >= 11 is 0. The Labute approximate surface area is 211 Å². The molecule has 14 heteroatoms. The number of carbonyl (C=O) groups is 1. The van der Waals surface area contributed by atoms with Gasteiger partial charge in [-0.3, -0.25) is 13.9 Å². The van der Waals surface area contributed by atoms with Crippen molar-refractivity contribution in [3.63, 3.8) is 0 Å². The van der Waals surface area contributed by atoms with Crippen molar-refractivity contribution < 1.29 is 32.5 Å². The molecule has 0 spiro atoms. The van der Waals surface area contributed by atoms with Crippen LogP contribution >= 0.6 is 7.52 Å². The summed E-state index contributed by atoms with van der Waals surface area (Å²) in [5.74, 6) is -0.756. The van der Waals surface area contributed by atoms with Gasteiger partial charge in [0.2, 0.25) is 0 Å². The summed E-state index contributed by atoms with van der Waals surface area (Å²) in [6, 6.07) is 7.49. The molecule has 0 amide bonds. The van der Waals surface area contributed by atoms with Crippen molar-refractivity contribution in [3.8, 4) is 5.75 Å². The lowest BCUT2D eigenvalue weighted by Gasteiger charge is -2.28. The molecule has 3 aromatic rings. The molecule has 37 heavy (non-hydrogen) atoms. The third-order valence-electron chi connectivity index (χ3n) is 5.92. The Kier molecular flexibility index (Phi) is 7.20. The zero-order chi connectivity index (χ0) is 26.0. The van der Waals surface area contributed by atoms with E-state index in [0.29, 0.717) is 11.3 Å². The Morgan fingerprint density at radius 2 is 2.08 bits per heavy atom. The lowest BCUT2D eigenvalue weighted by atomic mass is 9.96. The van der Waals surface area contributed by atoms with Gasteiger partial charge in [0.25, 0.3) is 0 Å². The first-order valence-electron chi connectivity index (χ1n) is 11.7. The highest BCUT2D eigenvalue weighted by molar-refractivity contribution is 7.57. The molecule has 0 bridgehead atoms. The van der Waals surface area contributed by atoms with Gasteiger partial charge < -0.3 is 24.5 Å². The molecule has 2 aromatic heterocycles. The number of benzene rings is 1. The molecule has 3 N–H and O–H groups in total. The molecule has 12 nitrogen and oxygen atoms in total. The van der Waals surface area contributed by atoms with Crippen LogP contribution in [0.4, 0.5) is 10.2 Å². The van der Waals surface area contributed by atoms with E-state index in [1.807, 2.05) is 0 Å². The number of nitrogens with two attached hydrogens (primary N) is 1. The van der Waals surface area contributed by atoms with Crippen molar-refractivity contribution in [2.45, 2.75) is 50.8 Å². The van der Waals surface area contributed by atoms with Gasteiger partial charge in [-0.25, -0.2) is 24.4 Å². The van der Waals surface area contributed by atoms with Crippen LogP contribution in [0.15, 0.2) is 54.9 Å². The first-order chi connectivity index (χ1) is 17.8. The molecule has 1 aliphatic heterocycles. The minimum Gasteiger partial charge on any atom is -0.461 e. The molecule has 1 aliphatic carbocycles. The van der Waals surface area contributed by atoms with E-state index in [-0.39, 0.29) is 17.6 Å². The van der Waals surface area contributed by atoms with E-state index in [4.69, 9.17) is 24.5 Å². The summed E-state index contributed by atoms with van der Waals surface area (Å²) in [4.78, 5) is 24.5. The number of carbonyl (C=O) groups excluding carboxylic acids is 1. The normalized spacial score (nSPS) is 22.2. The number of nitrogens with one attached hydrogen (secondary N) is 1. The topological polar surface area (TPSA) is 153 Å². The number of anilines is 1. The summed E-state index contributed by atoms with van der Waals surface area (Å²) in [5.41, 5.74) is 6.38. The number of fused-ring (bicyclic) bond motifs is 1. The summed E-state index contributed by atoms with van der Waals surface area (Å²) in [5, 5.41) is 2.72. The molecular formula is C23H26FN6O6P. The van der Waals surface area contributed by atoms with Gasteiger partial charge in [-0.05, 0) is 38.3 Å². The van der Waals surface area contributed by atoms with Crippen molar-refractivity contribution in [1.29, 1.82) is 0 Å². The molecule has 196 valence electrons. The Morgan fingerprint density at radius 3 is 2.81 bits per heavy atom. The summed E-state index contributed by atoms with van der Waals surface area (Å²) in [6.07, 6.45) is 3.22. The van der Waals surface area contributed by atoms with Gasteiger partial charge in [-0.2, -0.15) is 0 Å². The number of para-hydroxylation sites is 1. The van der Waals surface area contributed by atoms with Gasteiger partial charge in [-0.15, -0.1) is 0 Å². The monoisotopic (exact) mass is 532 g/mol. The number of nitrogen functional groups attached to an aromatic ring is 1. The predicted molar refractivity (Wildman–Crippen MR) is 130 cm³/mol. The van der Waals surface area contributed by atoms with E-state index in [9.17, 15) is 13.8 Å².